The number of aliphatic hydroxyl groups is 1. The molecule has 76 valence electrons. The second kappa shape index (κ2) is 4.55. The fraction of sp³-hybridized carbons (Fsp3) is 0.455. The highest BCUT2D eigenvalue weighted by Gasteiger charge is 2.18. The molecule has 0 bridgehead atoms. The molecule has 0 aliphatic carbocycles. The number of ether oxygens (including phenoxy) is 2. The average molecular weight is 194 g/mol. The summed E-state index contributed by atoms with van der Waals surface area (Å²) >= 11 is 0. The Labute approximate surface area is 83.3 Å². The second-order valence-electron chi connectivity index (χ2n) is 3.29. The van der Waals surface area contributed by atoms with Gasteiger partial charge in [-0.3, -0.25) is 0 Å². The van der Waals surface area contributed by atoms with Crippen LogP contribution in [0.4, 0.5) is 0 Å². The Morgan fingerprint density at radius 3 is 2.86 bits per heavy atom. The van der Waals surface area contributed by atoms with Crippen LogP contribution in [0, 0.1) is 0 Å². The van der Waals surface area contributed by atoms with Gasteiger partial charge in [0, 0.05) is 0 Å². The summed E-state index contributed by atoms with van der Waals surface area (Å²) in [4.78, 5) is 0. The van der Waals surface area contributed by atoms with Gasteiger partial charge in [0.2, 0.25) is 0 Å². The highest BCUT2D eigenvalue weighted by atomic mass is 16.6. The van der Waals surface area contributed by atoms with Crippen molar-refractivity contribution in [2.75, 3.05) is 19.8 Å². The first kappa shape index (κ1) is 9.65. The quantitative estimate of drug-likeness (QED) is 0.770. The summed E-state index contributed by atoms with van der Waals surface area (Å²) < 4.78 is 10.9. The van der Waals surface area contributed by atoms with Gasteiger partial charge in [-0.1, -0.05) is 24.3 Å². The van der Waals surface area contributed by atoms with Crippen LogP contribution < -0.4 is 0 Å². The van der Waals surface area contributed by atoms with E-state index in [2.05, 4.69) is 0 Å². The van der Waals surface area contributed by atoms with Gasteiger partial charge in [0.25, 0.3) is 0 Å². The van der Waals surface area contributed by atoms with Gasteiger partial charge >= 0.3 is 0 Å². The zero-order valence-corrected chi connectivity index (χ0v) is 7.98. The molecule has 1 heterocycles. The van der Waals surface area contributed by atoms with E-state index in [-0.39, 0.29) is 12.7 Å². The molecule has 0 spiro atoms. The topological polar surface area (TPSA) is 38.7 Å². The molecule has 0 saturated carbocycles. The van der Waals surface area contributed by atoms with Crippen LogP contribution >= 0.6 is 0 Å². The van der Waals surface area contributed by atoms with Gasteiger partial charge in [-0.25, -0.2) is 0 Å². The lowest BCUT2D eigenvalue weighted by Crippen LogP contribution is -2.22. The minimum atomic E-state index is -0.0212. The van der Waals surface area contributed by atoms with Crippen LogP contribution in [0.1, 0.15) is 17.2 Å². The van der Waals surface area contributed by atoms with Crippen LogP contribution in [-0.2, 0) is 16.1 Å². The SMILES string of the molecule is OCc1ccccc1C1COCCO1. The fourth-order valence-corrected chi connectivity index (χ4v) is 1.66. The zero-order valence-electron chi connectivity index (χ0n) is 7.98. The van der Waals surface area contributed by atoms with Crippen LogP contribution in [0.3, 0.4) is 0 Å². The highest BCUT2D eigenvalue weighted by Crippen LogP contribution is 2.23. The summed E-state index contributed by atoms with van der Waals surface area (Å²) in [7, 11) is 0. The predicted octanol–water partition coefficient (Wildman–Crippen LogP) is 1.27. The van der Waals surface area contributed by atoms with E-state index < -0.39 is 0 Å². The Kier molecular flexibility index (Phi) is 3.14. The van der Waals surface area contributed by atoms with Gasteiger partial charge in [-0.05, 0) is 11.1 Å². The van der Waals surface area contributed by atoms with Gasteiger partial charge in [0.05, 0.1) is 26.4 Å². The van der Waals surface area contributed by atoms with Crippen molar-refractivity contribution in [3.8, 4) is 0 Å². The predicted molar refractivity (Wildman–Crippen MR) is 51.9 cm³/mol. The molecule has 1 aliphatic rings. The molecule has 1 saturated heterocycles. The molecule has 14 heavy (non-hydrogen) atoms. The average Bonchev–Trinajstić information content (AvgIpc) is 2.30. The van der Waals surface area contributed by atoms with Crippen molar-refractivity contribution in [1.29, 1.82) is 0 Å². The third kappa shape index (κ3) is 1.95. The maximum Gasteiger partial charge on any atom is 0.106 e. The molecule has 0 amide bonds. The van der Waals surface area contributed by atoms with E-state index in [4.69, 9.17) is 14.6 Å². The number of hydrogen-bond donors (Lipinski definition) is 1. The van der Waals surface area contributed by atoms with Gasteiger partial charge in [-0.15, -0.1) is 0 Å². The summed E-state index contributed by atoms with van der Waals surface area (Å²) in [5.74, 6) is 0. The highest BCUT2D eigenvalue weighted by molar-refractivity contribution is 5.28. The van der Waals surface area contributed by atoms with E-state index in [9.17, 15) is 0 Å². The summed E-state index contributed by atoms with van der Waals surface area (Å²) in [6, 6.07) is 7.75. The van der Waals surface area contributed by atoms with E-state index in [1.54, 1.807) is 0 Å². The first-order chi connectivity index (χ1) is 6.92. The molecule has 1 aromatic rings. The van der Waals surface area contributed by atoms with Gasteiger partial charge in [0.1, 0.15) is 6.10 Å². The Bertz CT molecular complexity index is 292. The van der Waals surface area contributed by atoms with Crippen LogP contribution in [0.5, 0.6) is 0 Å². The van der Waals surface area contributed by atoms with Crippen molar-refractivity contribution in [3.05, 3.63) is 35.4 Å². The molecule has 2 rings (SSSR count). The minimum Gasteiger partial charge on any atom is -0.392 e. The van der Waals surface area contributed by atoms with Crippen molar-refractivity contribution < 1.29 is 14.6 Å². The molecule has 1 aliphatic heterocycles. The molecule has 1 atom stereocenters. The van der Waals surface area contributed by atoms with Crippen LogP contribution in [0.25, 0.3) is 0 Å². The smallest absolute Gasteiger partial charge is 0.106 e. The lowest BCUT2D eigenvalue weighted by atomic mass is 10.0. The lowest BCUT2D eigenvalue weighted by Gasteiger charge is -2.24. The van der Waals surface area contributed by atoms with Gasteiger partial charge in [-0.2, -0.15) is 0 Å². The molecule has 0 radical (unpaired) electrons. The molecular formula is C11H14O3. The molecule has 3 nitrogen and oxygen atoms in total. The van der Waals surface area contributed by atoms with Crippen molar-refractivity contribution in [2.24, 2.45) is 0 Å². The molecule has 1 N–H and O–H groups in total. The first-order valence-electron chi connectivity index (χ1n) is 4.80. The summed E-state index contributed by atoms with van der Waals surface area (Å²) in [6.45, 7) is 1.93. The van der Waals surface area contributed by atoms with Crippen molar-refractivity contribution >= 4 is 0 Å². The third-order valence-electron chi connectivity index (χ3n) is 2.39. The second-order valence-corrected chi connectivity index (χ2v) is 3.29. The Balaban J connectivity index is 2.20. The Hall–Kier alpha value is -0.900. The van der Waals surface area contributed by atoms with E-state index >= 15 is 0 Å². The summed E-state index contributed by atoms with van der Waals surface area (Å²) in [6.07, 6.45) is -0.0212. The minimum absolute atomic E-state index is 0.0212. The number of aliphatic hydroxyl groups excluding tert-OH is 1. The maximum atomic E-state index is 9.15. The third-order valence-corrected chi connectivity index (χ3v) is 2.39. The molecule has 1 aromatic carbocycles. The zero-order chi connectivity index (χ0) is 9.80. The number of hydrogen-bond acceptors (Lipinski definition) is 3. The largest absolute Gasteiger partial charge is 0.392 e. The molecule has 1 unspecified atom stereocenters. The van der Waals surface area contributed by atoms with Crippen LogP contribution in [0.15, 0.2) is 24.3 Å². The van der Waals surface area contributed by atoms with Gasteiger partial charge < -0.3 is 14.6 Å². The standard InChI is InChI=1S/C11H14O3/c12-7-9-3-1-2-4-10(9)11-8-13-5-6-14-11/h1-4,11-12H,5-8H2. The number of benzene rings is 1. The Morgan fingerprint density at radius 1 is 1.29 bits per heavy atom. The van der Waals surface area contributed by atoms with Crippen LogP contribution in [-0.4, -0.2) is 24.9 Å². The monoisotopic (exact) mass is 194 g/mol. The van der Waals surface area contributed by atoms with E-state index in [0.717, 1.165) is 11.1 Å². The Morgan fingerprint density at radius 2 is 2.14 bits per heavy atom. The summed E-state index contributed by atoms with van der Waals surface area (Å²) in [5, 5.41) is 9.15. The molecule has 0 aromatic heterocycles. The molecule has 3 heteroatoms. The summed E-state index contributed by atoms with van der Waals surface area (Å²) in [5.41, 5.74) is 1.96. The van der Waals surface area contributed by atoms with E-state index in [0.29, 0.717) is 19.8 Å². The first-order valence-corrected chi connectivity index (χ1v) is 4.80. The normalized spacial score (nSPS) is 22.2. The van der Waals surface area contributed by atoms with Crippen molar-refractivity contribution in [1.82, 2.24) is 0 Å². The molecular weight excluding hydrogens is 180 g/mol. The van der Waals surface area contributed by atoms with Crippen LogP contribution in [0.2, 0.25) is 0 Å². The van der Waals surface area contributed by atoms with E-state index in [1.807, 2.05) is 24.3 Å². The fourth-order valence-electron chi connectivity index (χ4n) is 1.66. The van der Waals surface area contributed by atoms with E-state index in [1.165, 1.54) is 0 Å². The lowest BCUT2D eigenvalue weighted by molar-refractivity contribution is -0.0906. The van der Waals surface area contributed by atoms with Crippen molar-refractivity contribution in [3.63, 3.8) is 0 Å². The number of rotatable bonds is 2. The van der Waals surface area contributed by atoms with Crippen molar-refractivity contribution in [2.45, 2.75) is 12.7 Å². The van der Waals surface area contributed by atoms with Gasteiger partial charge in [0.15, 0.2) is 0 Å². The maximum absolute atomic E-state index is 9.15. The molecule has 1 fully saturated rings.